The van der Waals surface area contributed by atoms with Crippen molar-refractivity contribution in [2.75, 3.05) is 7.11 Å². The van der Waals surface area contributed by atoms with Gasteiger partial charge in [-0.05, 0) is 0 Å². The summed E-state index contributed by atoms with van der Waals surface area (Å²) >= 11 is 0. The molecule has 2 atom stereocenters. The summed E-state index contributed by atoms with van der Waals surface area (Å²) in [5.41, 5.74) is 0. The maximum atomic E-state index is 10.6. The van der Waals surface area contributed by atoms with Gasteiger partial charge in [0.2, 0.25) is 0 Å². The van der Waals surface area contributed by atoms with Crippen LogP contribution < -0.4 is 0 Å². The largest absolute Gasteiger partial charge is 0.467 e. The Balaban J connectivity index is 3.93. The molecule has 0 radical (unpaired) electrons. The summed E-state index contributed by atoms with van der Waals surface area (Å²) in [6, 6.07) is 0. The van der Waals surface area contributed by atoms with E-state index < -0.39 is 12.1 Å². The van der Waals surface area contributed by atoms with Crippen molar-refractivity contribution >= 4 is 5.97 Å². The molecule has 1 unspecified atom stereocenters. The van der Waals surface area contributed by atoms with E-state index in [0.29, 0.717) is 0 Å². The van der Waals surface area contributed by atoms with E-state index in [1.54, 1.807) is 6.92 Å². The van der Waals surface area contributed by atoms with Gasteiger partial charge in [0.25, 0.3) is 0 Å². The Morgan fingerprint density at radius 3 is 2.60 bits per heavy atom. The molecule has 0 aromatic rings. The first-order chi connectivity index (χ1) is 4.63. The van der Waals surface area contributed by atoms with Crippen molar-refractivity contribution in [1.82, 2.24) is 0 Å². The average molecular weight is 144 g/mol. The number of hydrogen-bond donors (Lipinski definition) is 1. The number of carbonyl (C=O) groups excluding carboxylic acids is 1. The standard InChI is InChI=1S/C7H12O3/c1-4-5(2)6(8)7(9)10-3/h4-6,8H,1H2,2-3H3/t5?,6-/m1/s1. The molecule has 0 aliphatic carbocycles. The van der Waals surface area contributed by atoms with E-state index in [0.717, 1.165) is 0 Å². The van der Waals surface area contributed by atoms with E-state index in [1.807, 2.05) is 0 Å². The minimum atomic E-state index is -1.08. The lowest BCUT2D eigenvalue weighted by Crippen LogP contribution is -2.27. The molecule has 0 aromatic carbocycles. The highest BCUT2D eigenvalue weighted by Crippen LogP contribution is 2.04. The molecule has 0 aromatic heterocycles. The second-order valence-corrected chi connectivity index (χ2v) is 2.06. The molecule has 0 saturated carbocycles. The lowest BCUT2D eigenvalue weighted by Gasteiger charge is -2.11. The molecule has 0 spiro atoms. The van der Waals surface area contributed by atoms with E-state index in [1.165, 1.54) is 13.2 Å². The molecule has 0 aliphatic heterocycles. The Hall–Kier alpha value is -0.830. The zero-order valence-corrected chi connectivity index (χ0v) is 6.20. The lowest BCUT2D eigenvalue weighted by atomic mass is 10.1. The third kappa shape index (κ3) is 2.19. The van der Waals surface area contributed by atoms with Gasteiger partial charge in [0, 0.05) is 5.92 Å². The van der Waals surface area contributed by atoms with Crippen molar-refractivity contribution in [2.24, 2.45) is 5.92 Å². The van der Waals surface area contributed by atoms with Crippen molar-refractivity contribution in [1.29, 1.82) is 0 Å². The summed E-state index contributed by atoms with van der Waals surface area (Å²) < 4.78 is 4.30. The second-order valence-electron chi connectivity index (χ2n) is 2.06. The van der Waals surface area contributed by atoms with E-state index >= 15 is 0 Å². The molecule has 0 amide bonds. The first kappa shape index (κ1) is 9.17. The Morgan fingerprint density at radius 1 is 1.80 bits per heavy atom. The predicted octanol–water partition coefficient (Wildman–Crippen LogP) is 0.342. The van der Waals surface area contributed by atoms with E-state index in [4.69, 9.17) is 5.11 Å². The van der Waals surface area contributed by atoms with Crippen LogP contribution in [0.4, 0.5) is 0 Å². The van der Waals surface area contributed by atoms with Crippen LogP contribution in [0.1, 0.15) is 6.92 Å². The smallest absolute Gasteiger partial charge is 0.335 e. The first-order valence-corrected chi connectivity index (χ1v) is 3.02. The second kappa shape index (κ2) is 4.06. The topological polar surface area (TPSA) is 46.5 Å². The van der Waals surface area contributed by atoms with Crippen molar-refractivity contribution in [3.8, 4) is 0 Å². The summed E-state index contributed by atoms with van der Waals surface area (Å²) in [5, 5.41) is 9.04. The van der Waals surface area contributed by atoms with Crippen LogP contribution in [0.25, 0.3) is 0 Å². The molecule has 1 N–H and O–H groups in total. The lowest BCUT2D eigenvalue weighted by molar-refractivity contribution is -0.152. The number of hydrogen-bond acceptors (Lipinski definition) is 3. The van der Waals surface area contributed by atoms with Gasteiger partial charge < -0.3 is 9.84 Å². The van der Waals surface area contributed by atoms with Crippen molar-refractivity contribution in [3.05, 3.63) is 12.7 Å². The van der Waals surface area contributed by atoms with Crippen LogP contribution in [0.5, 0.6) is 0 Å². The summed E-state index contributed by atoms with van der Waals surface area (Å²) in [6.07, 6.45) is 0.421. The van der Waals surface area contributed by atoms with Gasteiger partial charge in [0.1, 0.15) is 0 Å². The number of methoxy groups -OCH3 is 1. The van der Waals surface area contributed by atoms with E-state index in [9.17, 15) is 4.79 Å². The minimum Gasteiger partial charge on any atom is -0.467 e. The van der Waals surface area contributed by atoms with Gasteiger partial charge in [-0.2, -0.15) is 0 Å². The van der Waals surface area contributed by atoms with Crippen LogP contribution in [0.15, 0.2) is 12.7 Å². The predicted molar refractivity (Wildman–Crippen MR) is 37.4 cm³/mol. The summed E-state index contributed by atoms with van der Waals surface area (Å²) in [5.74, 6) is -0.875. The number of ether oxygens (including phenoxy) is 1. The Morgan fingerprint density at radius 2 is 2.30 bits per heavy atom. The summed E-state index contributed by atoms with van der Waals surface area (Å²) in [6.45, 7) is 5.12. The van der Waals surface area contributed by atoms with Crippen LogP contribution in [0.2, 0.25) is 0 Å². The Labute approximate surface area is 60.3 Å². The van der Waals surface area contributed by atoms with Crippen molar-refractivity contribution in [3.63, 3.8) is 0 Å². The van der Waals surface area contributed by atoms with Crippen molar-refractivity contribution in [2.45, 2.75) is 13.0 Å². The fraction of sp³-hybridized carbons (Fsp3) is 0.571. The average Bonchev–Trinajstić information content (AvgIpc) is 2.00. The molecule has 0 bridgehead atoms. The third-order valence-electron chi connectivity index (χ3n) is 1.31. The molecule has 0 heterocycles. The number of esters is 1. The first-order valence-electron chi connectivity index (χ1n) is 3.02. The Bertz CT molecular complexity index is 131. The zero-order chi connectivity index (χ0) is 8.15. The fourth-order valence-electron chi connectivity index (χ4n) is 0.464. The van der Waals surface area contributed by atoms with Crippen LogP contribution in [-0.4, -0.2) is 24.3 Å². The maximum absolute atomic E-state index is 10.6. The van der Waals surface area contributed by atoms with E-state index in [2.05, 4.69) is 11.3 Å². The SMILES string of the molecule is C=CC(C)[C@@H](O)C(=O)OC. The van der Waals surface area contributed by atoms with Gasteiger partial charge in [-0.3, -0.25) is 0 Å². The zero-order valence-electron chi connectivity index (χ0n) is 6.20. The maximum Gasteiger partial charge on any atom is 0.335 e. The molecule has 0 fully saturated rings. The van der Waals surface area contributed by atoms with Crippen LogP contribution in [0, 0.1) is 5.92 Å². The van der Waals surface area contributed by atoms with Crippen molar-refractivity contribution < 1.29 is 14.6 Å². The third-order valence-corrected chi connectivity index (χ3v) is 1.31. The summed E-state index contributed by atoms with van der Waals surface area (Å²) in [7, 11) is 1.24. The highest BCUT2D eigenvalue weighted by atomic mass is 16.5. The van der Waals surface area contributed by atoms with Crippen LogP contribution >= 0.6 is 0 Å². The van der Waals surface area contributed by atoms with Crippen LogP contribution in [-0.2, 0) is 9.53 Å². The monoisotopic (exact) mass is 144 g/mol. The quantitative estimate of drug-likeness (QED) is 0.459. The van der Waals surface area contributed by atoms with Gasteiger partial charge >= 0.3 is 5.97 Å². The molecule has 3 heteroatoms. The highest BCUT2D eigenvalue weighted by molar-refractivity contribution is 5.74. The van der Waals surface area contributed by atoms with Gasteiger partial charge in [-0.1, -0.05) is 13.0 Å². The molecule has 58 valence electrons. The normalized spacial score (nSPS) is 15.5. The molecule has 0 saturated heterocycles. The number of aliphatic hydroxyl groups excluding tert-OH is 1. The number of rotatable bonds is 3. The highest BCUT2D eigenvalue weighted by Gasteiger charge is 2.19. The molecule has 0 rings (SSSR count). The minimum absolute atomic E-state index is 0.257. The number of carbonyl (C=O) groups is 1. The fourth-order valence-corrected chi connectivity index (χ4v) is 0.464. The molecule has 0 aliphatic rings. The molecular weight excluding hydrogens is 132 g/mol. The summed E-state index contributed by atoms with van der Waals surface area (Å²) in [4.78, 5) is 10.6. The molecule has 10 heavy (non-hydrogen) atoms. The van der Waals surface area contributed by atoms with Gasteiger partial charge in [-0.25, -0.2) is 4.79 Å². The van der Waals surface area contributed by atoms with Gasteiger partial charge in [0.05, 0.1) is 7.11 Å². The Kier molecular flexibility index (Phi) is 3.72. The van der Waals surface area contributed by atoms with Crippen LogP contribution in [0.3, 0.4) is 0 Å². The number of aliphatic hydroxyl groups is 1. The van der Waals surface area contributed by atoms with E-state index in [-0.39, 0.29) is 5.92 Å². The van der Waals surface area contributed by atoms with Gasteiger partial charge in [-0.15, -0.1) is 6.58 Å². The molecule has 3 nitrogen and oxygen atoms in total. The van der Waals surface area contributed by atoms with Gasteiger partial charge in [0.15, 0.2) is 6.10 Å². The molecular formula is C7H12O3.